The van der Waals surface area contributed by atoms with Crippen LogP contribution in [-0.2, 0) is 14.8 Å². The second-order valence-electron chi connectivity index (χ2n) is 4.79. The number of ether oxygens (including phenoxy) is 2. The molecule has 1 fully saturated rings. The van der Waals surface area contributed by atoms with E-state index in [4.69, 9.17) is 13.9 Å². The van der Waals surface area contributed by atoms with Gasteiger partial charge in [0.25, 0.3) is 10.0 Å². The van der Waals surface area contributed by atoms with E-state index in [-0.39, 0.29) is 11.2 Å². The van der Waals surface area contributed by atoms with Crippen molar-refractivity contribution in [3.63, 3.8) is 0 Å². The Morgan fingerprint density at radius 3 is 2.80 bits per heavy atom. The molecule has 1 aliphatic rings. The molecule has 1 saturated heterocycles. The van der Waals surface area contributed by atoms with Gasteiger partial charge in [-0.3, -0.25) is 0 Å². The van der Waals surface area contributed by atoms with Gasteiger partial charge < -0.3 is 13.9 Å². The predicted octanol–water partition coefficient (Wildman–Crippen LogP) is 1.46. The van der Waals surface area contributed by atoms with Crippen molar-refractivity contribution >= 4 is 21.0 Å². The summed E-state index contributed by atoms with van der Waals surface area (Å²) in [6, 6.07) is 6.76. The van der Waals surface area contributed by atoms with Crippen molar-refractivity contribution in [1.29, 1.82) is 0 Å². The third kappa shape index (κ3) is 2.39. The number of benzene rings is 1. The molecule has 0 aliphatic carbocycles. The van der Waals surface area contributed by atoms with E-state index < -0.39 is 10.0 Å². The highest BCUT2D eigenvalue weighted by Crippen LogP contribution is 2.31. The van der Waals surface area contributed by atoms with E-state index in [0.717, 1.165) is 4.31 Å². The van der Waals surface area contributed by atoms with E-state index >= 15 is 0 Å². The molecule has 2 heterocycles. The summed E-state index contributed by atoms with van der Waals surface area (Å²) in [5.41, 5.74) is 0.486. The highest BCUT2D eigenvalue weighted by molar-refractivity contribution is 7.89. The Bertz CT molecular complexity index is 730. The molecule has 0 radical (unpaired) electrons. The van der Waals surface area contributed by atoms with E-state index in [1.54, 1.807) is 18.2 Å². The van der Waals surface area contributed by atoms with E-state index in [2.05, 4.69) is 0 Å². The molecule has 7 heteroatoms. The summed E-state index contributed by atoms with van der Waals surface area (Å²) in [4.78, 5) is 0. The van der Waals surface area contributed by atoms with Gasteiger partial charge in [-0.2, -0.15) is 0 Å². The molecule has 1 aromatic heterocycles. The molecule has 1 atom stereocenters. The summed E-state index contributed by atoms with van der Waals surface area (Å²) >= 11 is 0. The van der Waals surface area contributed by atoms with Gasteiger partial charge in [0.2, 0.25) is 5.09 Å². The molecule has 1 aromatic carbocycles. The van der Waals surface area contributed by atoms with E-state index in [9.17, 15) is 8.42 Å². The van der Waals surface area contributed by atoms with Gasteiger partial charge in [-0.05, 0) is 12.1 Å². The van der Waals surface area contributed by atoms with E-state index in [0.29, 0.717) is 29.9 Å². The van der Waals surface area contributed by atoms with Crippen molar-refractivity contribution in [2.75, 3.05) is 27.3 Å². The smallest absolute Gasteiger partial charge is 0.275 e. The predicted molar refractivity (Wildman–Crippen MR) is 72.3 cm³/mol. The first-order valence-corrected chi connectivity index (χ1v) is 7.62. The molecule has 6 nitrogen and oxygen atoms in total. The number of furan rings is 1. The first kappa shape index (κ1) is 13.4. The molecule has 0 unspecified atom stereocenters. The largest absolute Gasteiger partial charge is 0.490 e. The average molecular weight is 297 g/mol. The number of sulfonamides is 1. The zero-order chi connectivity index (χ0) is 14.3. The molecule has 3 rings (SSSR count). The summed E-state index contributed by atoms with van der Waals surface area (Å²) in [6.07, 6.45) is 0.141. The van der Waals surface area contributed by atoms with Gasteiger partial charge in [-0.1, -0.05) is 6.07 Å². The Labute approximate surface area is 116 Å². The third-order valence-electron chi connectivity index (χ3n) is 3.06. The van der Waals surface area contributed by atoms with Gasteiger partial charge in [-0.15, -0.1) is 0 Å². The van der Waals surface area contributed by atoms with Gasteiger partial charge >= 0.3 is 0 Å². The van der Waals surface area contributed by atoms with Crippen LogP contribution in [0.5, 0.6) is 5.75 Å². The van der Waals surface area contributed by atoms with E-state index in [1.807, 2.05) is 0 Å². The van der Waals surface area contributed by atoms with Crippen LogP contribution in [0.25, 0.3) is 11.0 Å². The quantitative estimate of drug-likeness (QED) is 0.781. The number of epoxide rings is 1. The second kappa shape index (κ2) is 4.76. The highest BCUT2D eigenvalue weighted by atomic mass is 32.2. The molecule has 0 spiro atoms. The van der Waals surface area contributed by atoms with E-state index in [1.165, 1.54) is 20.2 Å². The highest BCUT2D eigenvalue weighted by Gasteiger charge is 2.25. The number of rotatable bonds is 5. The minimum Gasteiger partial charge on any atom is -0.490 e. The van der Waals surface area contributed by atoms with Crippen molar-refractivity contribution in [2.24, 2.45) is 0 Å². The van der Waals surface area contributed by atoms with Crippen molar-refractivity contribution < 1.29 is 22.3 Å². The van der Waals surface area contributed by atoms with Crippen LogP contribution in [0.2, 0.25) is 0 Å². The maximum atomic E-state index is 12.1. The molecule has 0 N–H and O–H groups in total. The van der Waals surface area contributed by atoms with Crippen molar-refractivity contribution in [3.8, 4) is 5.75 Å². The monoisotopic (exact) mass is 297 g/mol. The van der Waals surface area contributed by atoms with Gasteiger partial charge in [0, 0.05) is 20.2 Å². The van der Waals surface area contributed by atoms with Crippen LogP contribution in [0, 0.1) is 0 Å². The molecule has 0 amide bonds. The minimum atomic E-state index is -3.59. The Morgan fingerprint density at radius 1 is 1.40 bits per heavy atom. The lowest BCUT2D eigenvalue weighted by atomic mass is 10.2. The summed E-state index contributed by atoms with van der Waals surface area (Å²) < 4.78 is 41.4. The van der Waals surface area contributed by atoms with Crippen LogP contribution >= 0.6 is 0 Å². The van der Waals surface area contributed by atoms with Gasteiger partial charge in [0.15, 0.2) is 0 Å². The molecule has 0 saturated carbocycles. The summed E-state index contributed by atoms with van der Waals surface area (Å²) in [5, 5.41) is 0.560. The van der Waals surface area contributed by atoms with Crippen LogP contribution in [0.15, 0.2) is 33.8 Å². The first-order valence-electron chi connectivity index (χ1n) is 6.18. The summed E-state index contributed by atoms with van der Waals surface area (Å²) in [5.74, 6) is 0.599. The molecule has 20 heavy (non-hydrogen) atoms. The fraction of sp³-hybridized carbons (Fsp3) is 0.385. The van der Waals surface area contributed by atoms with Crippen LogP contribution in [-0.4, -0.2) is 46.1 Å². The molecule has 1 aliphatic heterocycles. The van der Waals surface area contributed by atoms with Crippen LogP contribution in [0.4, 0.5) is 0 Å². The van der Waals surface area contributed by atoms with Gasteiger partial charge in [0.05, 0.1) is 12.0 Å². The SMILES string of the molecule is CN(C)S(=O)(=O)c1cc2c(OC[C@@H]3CO3)cccc2o1. The Balaban J connectivity index is 1.99. The van der Waals surface area contributed by atoms with Gasteiger partial charge in [-0.25, -0.2) is 12.7 Å². The van der Waals surface area contributed by atoms with Crippen molar-refractivity contribution in [2.45, 2.75) is 11.2 Å². The maximum absolute atomic E-state index is 12.1. The topological polar surface area (TPSA) is 72.3 Å². The van der Waals surface area contributed by atoms with Crippen LogP contribution in [0.3, 0.4) is 0 Å². The fourth-order valence-corrected chi connectivity index (χ4v) is 2.61. The number of hydrogen-bond donors (Lipinski definition) is 0. The Morgan fingerprint density at radius 2 is 2.15 bits per heavy atom. The summed E-state index contributed by atoms with van der Waals surface area (Å²) in [6.45, 7) is 1.17. The zero-order valence-corrected chi connectivity index (χ0v) is 12.0. The lowest BCUT2D eigenvalue weighted by Gasteiger charge is -2.07. The molecular formula is C13H15NO5S. The second-order valence-corrected chi connectivity index (χ2v) is 6.87. The molecule has 0 bridgehead atoms. The lowest BCUT2D eigenvalue weighted by molar-refractivity contribution is 0.265. The molecule has 108 valence electrons. The third-order valence-corrected chi connectivity index (χ3v) is 4.73. The first-order chi connectivity index (χ1) is 9.48. The maximum Gasteiger partial charge on any atom is 0.275 e. The Kier molecular flexibility index (Phi) is 3.19. The molecule has 2 aromatic rings. The zero-order valence-electron chi connectivity index (χ0n) is 11.2. The summed E-state index contributed by atoms with van der Waals surface area (Å²) in [7, 11) is -0.663. The van der Waals surface area contributed by atoms with Crippen molar-refractivity contribution in [3.05, 3.63) is 24.3 Å². The standard InChI is InChI=1S/C13H15NO5S/c1-14(2)20(15,16)13-6-10-11(18-8-9-7-17-9)4-3-5-12(10)19-13/h3-6,9H,7-8H2,1-2H3/t9-/m0/s1. The fourth-order valence-electron chi connectivity index (χ4n) is 1.79. The normalized spacial score (nSPS) is 18.6. The minimum absolute atomic E-state index is 0.0868. The van der Waals surface area contributed by atoms with Crippen LogP contribution in [0.1, 0.15) is 0 Å². The van der Waals surface area contributed by atoms with Crippen molar-refractivity contribution in [1.82, 2.24) is 4.31 Å². The van der Waals surface area contributed by atoms with Gasteiger partial charge in [0.1, 0.15) is 24.0 Å². The lowest BCUT2D eigenvalue weighted by Crippen LogP contribution is -2.21. The molecular weight excluding hydrogens is 282 g/mol. The number of nitrogens with zero attached hydrogens (tertiary/aromatic N) is 1. The average Bonchev–Trinajstić information content (AvgIpc) is 3.12. The number of hydrogen-bond acceptors (Lipinski definition) is 5. The van der Waals surface area contributed by atoms with Crippen LogP contribution < -0.4 is 4.74 Å². The Hall–Kier alpha value is -1.57. The number of fused-ring (bicyclic) bond motifs is 1.